The average molecular weight is 396 g/mol. The standard InChI is InChI=1S/C12H12BrClN2O2S2/c1-7(9-3-5-10(13)6-4-9)16-20(17,18)11-8(2)15-12(14)19-11/h3-7,16H,1-2H3/t7-/m0/s1. The Morgan fingerprint density at radius 2 is 1.95 bits per heavy atom. The van der Waals surface area contributed by atoms with Gasteiger partial charge in [-0.2, -0.15) is 0 Å². The minimum Gasteiger partial charge on any atom is -0.229 e. The van der Waals surface area contributed by atoms with E-state index < -0.39 is 10.0 Å². The van der Waals surface area contributed by atoms with E-state index in [0.29, 0.717) is 5.69 Å². The molecule has 1 heterocycles. The highest BCUT2D eigenvalue weighted by atomic mass is 79.9. The minimum absolute atomic E-state index is 0.159. The van der Waals surface area contributed by atoms with Crippen molar-refractivity contribution in [1.29, 1.82) is 0 Å². The Balaban J connectivity index is 2.24. The molecule has 0 fully saturated rings. The lowest BCUT2D eigenvalue weighted by atomic mass is 10.1. The number of rotatable bonds is 4. The molecule has 1 aromatic carbocycles. The molecule has 108 valence electrons. The summed E-state index contributed by atoms with van der Waals surface area (Å²) in [5.74, 6) is 0. The number of sulfonamides is 1. The van der Waals surface area contributed by atoms with Crippen molar-refractivity contribution in [3.05, 3.63) is 44.5 Å². The normalized spacial score (nSPS) is 13.4. The fourth-order valence-electron chi connectivity index (χ4n) is 1.71. The van der Waals surface area contributed by atoms with Crippen molar-refractivity contribution in [2.24, 2.45) is 0 Å². The van der Waals surface area contributed by atoms with Crippen molar-refractivity contribution in [2.75, 3.05) is 0 Å². The Morgan fingerprint density at radius 3 is 2.45 bits per heavy atom. The van der Waals surface area contributed by atoms with Crippen LogP contribution in [0.15, 0.2) is 32.9 Å². The van der Waals surface area contributed by atoms with Gasteiger partial charge in [-0.05, 0) is 31.5 Å². The molecule has 4 nitrogen and oxygen atoms in total. The lowest BCUT2D eigenvalue weighted by Crippen LogP contribution is -2.26. The zero-order valence-electron chi connectivity index (χ0n) is 10.7. The maximum atomic E-state index is 12.3. The molecule has 0 saturated carbocycles. The molecule has 0 saturated heterocycles. The minimum atomic E-state index is -3.62. The largest absolute Gasteiger partial charge is 0.252 e. The van der Waals surface area contributed by atoms with Crippen LogP contribution < -0.4 is 4.72 Å². The molecule has 0 bridgehead atoms. The monoisotopic (exact) mass is 394 g/mol. The number of halogens is 2. The molecule has 2 rings (SSSR count). The van der Waals surface area contributed by atoms with Gasteiger partial charge in [0.1, 0.15) is 0 Å². The molecule has 0 aliphatic rings. The molecule has 0 radical (unpaired) electrons. The number of aryl methyl sites for hydroxylation is 1. The topological polar surface area (TPSA) is 59.1 Å². The summed E-state index contributed by atoms with van der Waals surface area (Å²) in [5.41, 5.74) is 1.29. The molecular weight excluding hydrogens is 384 g/mol. The van der Waals surface area contributed by atoms with Gasteiger partial charge in [-0.25, -0.2) is 18.1 Å². The van der Waals surface area contributed by atoms with Crippen molar-refractivity contribution < 1.29 is 8.42 Å². The van der Waals surface area contributed by atoms with E-state index in [-0.39, 0.29) is 14.7 Å². The molecule has 8 heteroatoms. The number of nitrogens with zero attached hydrogens (tertiary/aromatic N) is 1. The quantitative estimate of drug-likeness (QED) is 0.854. The first kappa shape index (κ1) is 15.9. The maximum absolute atomic E-state index is 12.3. The lowest BCUT2D eigenvalue weighted by Gasteiger charge is -2.14. The van der Waals surface area contributed by atoms with Gasteiger partial charge in [0.05, 0.1) is 5.69 Å². The van der Waals surface area contributed by atoms with Gasteiger partial charge in [-0.3, -0.25) is 0 Å². The van der Waals surface area contributed by atoms with E-state index >= 15 is 0 Å². The number of hydrogen-bond donors (Lipinski definition) is 1. The molecule has 0 amide bonds. The van der Waals surface area contributed by atoms with Crippen molar-refractivity contribution in [3.63, 3.8) is 0 Å². The van der Waals surface area contributed by atoms with Gasteiger partial charge in [-0.15, -0.1) is 0 Å². The fraction of sp³-hybridized carbons (Fsp3) is 0.250. The van der Waals surface area contributed by atoms with Crippen LogP contribution in [0.25, 0.3) is 0 Å². The number of nitrogens with one attached hydrogen (secondary N) is 1. The number of aromatic nitrogens is 1. The predicted octanol–water partition coefficient (Wildman–Crippen LogP) is 3.91. The third-order valence-corrected chi connectivity index (χ3v) is 6.61. The Hall–Kier alpha value is -0.470. The van der Waals surface area contributed by atoms with E-state index in [0.717, 1.165) is 21.4 Å². The smallest absolute Gasteiger partial charge is 0.229 e. The van der Waals surface area contributed by atoms with Gasteiger partial charge in [0.2, 0.25) is 0 Å². The van der Waals surface area contributed by atoms with Crippen molar-refractivity contribution in [1.82, 2.24) is 9.71 Å². The number of thiazole rings is 1. The first-order valence-corrected chi connectivity index (χ1v) is 9.17. The van der Waals surface area contributed by atoms with E-state index in [1.54, 1.807) is 13.8 Å². The SMILES string of the molecule is Cc1nc(Cl)sc1S(=O)(=O)N[C@@H](C)c1ccc(Br)cc1. The predicted molar refractivity (Wildman–Crippen MR) is 84.7 cm³/mol. The molecule has 0 spiro atoms. The molecule has 20 heavy (non-hydrogen) atoms. The number of hydrogen-bond acceptors (Lipinski definition) is 4. The first-order chi connectivity index (χ1) is 9.29. The summed E-state index contributed by atoms with van der Waals surface area (Å²) in [4.78, 5) is 3.93. The first-order valence-electron chi connectivity index (χ1n) is 5.70. The Bertz CT molecular complexity index is 714. The summed E-state index contributed by atoms with van der Waals surface area (Å²) in [6.07, 6.45) is 0. The van der Waals surface area contributed by atoms with E-state index in [1.807, 2.05) is 24.3 Å². The molecule has 2 aromatic rings. The second kappa shape index (κ2) is 6.11. The summed E-state index contributed by atoms with van der Waals surface area (Å²) in [6.45, 7) is 3.42. The second-order valence-electron chi connectivity index (χ2n) is 4.23. The summed E-state index contributed by atoms with van der Waals surface area (Å²) in [6, 6.07) is 7.13. The highest BCUT2D eigenvalue weighted by molar-refractivity contribution is 9.10. The van der Waals surface area contributed by atoms with Gasteiger partial charge < -0.3 is 0 Å². The molecule has 1 N–H and O–H groups in total. The van der Waals surface area contributed by atoms with Crippen LogP contribution in [0, 0.1) is 6.92 Å². The van der Waals surface area contributed by atoms with E-state index in [1.165, 1.54) is 0 Å². The van der Waals surface area contributed by atoms with E-state index in [2.05, 4.69) is 25.6 Å². The molecule has 0 unspecified atom stereocenters. The van der Waals surface area contributed by atoms with Crippen LogP contribution in [0.5, 0.6) is 0 Å². The zero-order chi connectivity index (χ0) is 14.9. The molecular formula is C12H12BrClN2O2S2. The molecule has 1 atom stereocenters. The van der Waals surface area contributed by atoms with Crippen molar-refractivity contribution >= 4 is 48.9 Å². The van der Waals surface area contributed by atoms with E-state index in [4.69, 9.17) is 11.6 Å². The third-order valence-electron chi connectivity index (χ3n) is 2.67. The van der Waals surface area contributed by atoms with Gasteiger partial charge >= 0.3 is 0 Å². The molecule has 0 aliphatic heterocycles. The van der Waals surface area contributed by atoms with Crippen LogP contribution in [0.3, 0.4) is 0 Å². The summed E-state index contributed by atoms with van der Waals surface area (Å²) >= 11 is 10.1. The van der Waals surface area contributed by atoms with E-state index in [9.17, 15) is 8.42 Å². The Morgan fingerprint density at radius 1 is 1.35 bits per heavy atom. The second-order valence-corrected chi connectivity index (χ2v) is 8.64. The summed E-state index contributed by atoms with van der Waals surface area (Å²) in [7, 11) is -3.62. The fourth-order valence-corrected chi connectivity index (χ4v) is 4.96. The molecule has 1 aromatic heterocycles. The lowest BCUT2D eigenvalue weighted by molar-refractivity contribution is 0.568. The van der Waals surface area contributed by atoms with Gasteiger partial charge in [0, 0.05) is 10.5 Å². The van der Waals surface area contributed by atoms with Crippen molar-refractivity contribution in [2.45, 2.75) is 24.1 Å². The van der Waals surface area contributed by atoms with Gasteiger partial charge in [0.15, 0.2) is 8.68 Å². The Labute approximate surface area is 135 Å². The van der Waals surface area contributed by atoms with Crippen molar-refractivity contribution in [3.8, 4) is 0 Å². The number of benzene rings is 1. The van der Waals surface area contributed by atoms with Gasteiger partial charge in [0.25, 0.3) is 10.0 Å². The summed E-state index contributed by atoms with van der Waals surface area (Å²) in [5, 5.41) is 0. The van der Waals surface area contributed by atoms with Crippen LogP contribution in [-0.4, -0.2) is 13.4 Å². The summed E-state index contributed by atoms with van der Waals surface area (Å²) < 4.78 is 28.6. The highest BCUT2D eigenvalue weighted by Gasteiger charge is 2.23. The highest BCUT2D eigenvalue weighted by Crippen LogP contribution is 2.28. The zero-order valence-corrected chi connectivity index (χ0v) is 14.7. The van der Waals surface area contributed by atoms with Crippen LogP contribution in [0.1, 0.15) is 24.2 Å². The third kappa shape index (κ3) is 3.59. The molecule has 0 aliphatic carbocycles. The Kier molecular flexibility index (Phi) is 4.86. The maximum Gasteiger partial charge on any atom is 0.252 e. The average Bonchev–Trinajstić information content (AvgIpc) is 2.69. The van der Waals surface area contributed by atoms with Crippen LogP contribution in [0.2, 0.25) is 4.47 Å². The van der Waals surface area contributed by atoms with Crippen LogP contribution in [-0.2, 0) is 10.0 Å². The van der Waals surface area contributed by atoms with Crippen LogP contribution >= 0.6 is 38.9 Å². The van der Waals surface area contributed by atoms with Gasteiger partial charge in [-0.1, -0.05) is 51.0 Å². The van der Waals surface area contributed by atoms with Crippen LogP contribution in [0.4, 0.5) is 0 Å².